The van der Waals surface area contributed by atoms with Gasteiger partial charge in [0.05, 0.1) is 0 Å². The van der Waals surface area contributed by atoms with E-state index in [0.717, 1.165) is 36.8 Å². The second kappa shape index (κ2) is 10.3. The molecule has 2 saturated carbocycles. The lowest BCUT2D eigenvalue weighted by Gasteiger charge is -2.15. The molecule has 6 nitrogen and oxygen atoms in total. The summed E-state index contributed by atoms with van der Waals surface area (Å²) in [7, 11) is 0. The molecule has 3 aromatic rings. The first kappa shape index (κ1) is 22.4. The summed E-state index contributed by atoms with van der Waals surface area (Å²) in [6, 6.07) is 20.1. The molecule has 1 heterocycles. The summed E-state index contributed by atoms with van der Waals surface area (Å²) in [5.41, 5.74) is 1.88. The number of carbonyl (C=O) groups excluding carboxylic acids is 2. The third-order valence-electron chi connectivity index (χ3n) is 5.35. The molecule has 0 saturated heterocycles. The fourth-order valence-corrected chi connectivity index (χ4v) is 6.73. The number of carbonyl (C=O) groups is 2. The van der Waals surface area contributed by atoms with Crippen molar-refractivity contribution in [3.8, 4) is 0 Å². The Morgan fingerprint density at radius 1 is 0.727 bits per heavy atom. The maximum Gasteiger partial charge on any atom is 0.238 e. The van der Waals surface area contributed by atoms with Crippen molar-refractivity contribution in [1.29, 1.82) is 0 Å². The first-order valence-electron chi connectivity index (χ1n) is 11.0. The third-order valence-corrected chi connectivity index (χ3v) is 8.95. The van der Waals surface area contributed by atoms with E-state index in [0.29, 0.717) is 20.8 Å². The van der Waals surface area contributed by atoms with Gasteiger partial charge in [0.1, 0.15) is 10.5 Å². The molecule has 2 amide bonds. The highest BCUT2D eigenvalue weighted by molar-refractivity contribution is 8.04. The number of hydrogen-bond donors (Lipinski definition) is 2. The Labute approximate surface area is 205 Å². The minimum Gasteiger partial charge on any atom is -0.352 e. The maximum absolute atomic E-state index is 12.9. The Morgan fingerprint density at radius 2 is 1.12 bits per heavy atom. The van der Waals surface area contributed by atoms with Gasteiger partial charge in [-0.3, -0.25) is 9.59 Å². The SMILES string of the molecule is O=C(NC1CC1)[C@@H](Sc1nnc(S[C@@H](C(=O)NC2CC2)c2ccccc2)s1)c1ccccc1. The zero-order valence-corrected chi connectivity index (χ0v) is 20.3. The molecule has 170 valence electrons. The maximum atomic E-state index is 12.9. The Balaban J connectivity index is 1.32. The van der Waals surface area contributed by atoms with Gasteiger partial charge in [0.25, 0.3) is 0 Å². The molecule has 0 radical (unpaired) electrons. The standard InChI is InChI=1S/C24H24N4O2S3/c29-21(25-17-11-12-17)19(15-7-3-1-4-8-15)31-23-27-28-24(33-23)32-20(16-9-5-2-6-10-16)22(30)26-18-13-14-18/h1-10,17-20H,11-14H2,(H,25,29)(H,26,30)/t19-,20+. The Bertz CT molecular complexity index is 1020. The number of benzene rings is 2. The number of amides is 2. The highest BCUT2D eigenvalue weighted by Gasteiger charge is 2.32. The molecule has 2 aromatic carbocycles. The van der Waals surface area contributed by atoms with Gasteiger partial charge in [-0.25, -0.2) is 0 Å². The lowest BCUT2D eigenvalue weighted by Crippen LogP contribution is -2.29. The first-order chi connectivity index (χ1) is 16.2. The van der Waals surface area contributed by atoms with Crippen LogP contribution in [-0.2, 0) is 9.59 Å². The first-order valence-corrected chi connectivity index (χ1v) is 13.6. The van der Waals surface area contributed by atoms with Crippen molar-refractivity contribution in [2.75, 3.05) is 0 Å². The molecule has 2 aliphatic carbocycles. The Morgan fingerprint density at radius 3 is 1.48 bits per heavy atom. The Kier molecular flexibility index (Phi) is 6.99. The second-order valence-electron chi connectivity index (χ2n) is 8.22. The number of thioether (sulfide) groups is 2. The third kappa shape index (κ3) is 6.16. The molecule has 5 rings (SSSR count). The quantitative estimate of drug-likeness (QED) is 0.394. The van der Waals surface area contributed by atoms with Crippen molar-refractivity contribution in [3.63, 3.8) is 0 Å². The van der Waals surface area contributed by atoms with Gasteiger partial charge in [0.2, 0.25) is 11.8 Å². The van der Waals surface area contributed by atoms with Crippen LogP contribution in [0, 0.1) is 0 Å². The van der Waals surface area contributed by atoms with Gasteiger partial charge in [0, 0.05) is 12.1 Å². The second-order valence-corrected chi connectivity index (χ2v) is 11.9. The highest BCUT2D eigenvalue weighted by Crippen LogP contribution is 2.43. The fourth-order valence-electron chi connectivity index (χ4n) is 3.30. The van der Waals surface area contributed by atoms with Crippen LogP contribution in [0.5, 0.6) is 0 Å². The average Bonchev–Trinajstić information content (AvgIpc) is 3.77. The van der Waals surface area contributed by atoms with Crippen LogP contribution < -0.4 is 10.6 Å². The van der Waals surface area contributed by atoms with Crippen molar-refractivity contribution < 1.29 is 9.59 Å². The van der Waals surface area contributed by atoms with E-state index in [4.69, 9.17) is 0 Å². The van der Waals surface area contributed by atoms with Gasteiger partial charge in [-0.05, 0) is 36.8 Å². The summed E-state index contributed by atoms with van der Waals surface area (Å²) in [4.78, 5) is 25.9. The van der Waals surface area contributed by atoms with E-state index in [1.54, 1.807) is 0 Å². The summed E-state index contributed by atoms with van der Waals surface area (Å²) in [6.45, 7) is 0. The molecule has 0 bridgehead atoms. The van der Waals surface area contributed by atoms with E-state index in [-0.39, 0.29) is 22.3 Å². The van der Waals surface area contributed by atoms with E-state index in [2.05, 4.69) is 20.8 Å². The molecule has 0 spiro atoms. The molecule has 2 aliphatic rings. The van der Waals surface area contributed by atoms with Crippen molar-refractivity contribution in [2.45, 2.75) is 56.9 Å². The minimum atomic E-state index is -0.388. The molecular weight excluding hydrogens is 472 g/mol. The summed E-state index contributed by atoms with van der Waals surface area (Å²) in [6.07, 6.45) is 4.17. The van der Waals surface area contributed by atoms with E-state index in [1.165, 1.54) is 34.9 Å². The lowest BCUT2D eigenvalue weighted by atomic mass is 10.1. The Hall–Kier alpha value is -2.36. The van der Waals surface area contributed by atoms with Crippen molar-refractivity contribution in [2.24, 2.45) is 0 Å². The van der Waals surface area contributed by atoms with Gasteiger partial charge in [0.15, 0.2) is 8.68 Å². The highest BCUT2D eigenvalue weighted by atomic mass is 32.2. The van der Waals surface area contributed by atoms with Crippen LogP contribution in [0.4, 0.5) is 0 Å². The van der Waals surface area contributed by atoms with Gasteiger partial charge in [-0.2, -0.15) is 0 Å². The van der Waals surface area contributed by atoms with E-state index >= 15 is 0 Å². The predicted molar refractivity (Wildman–Crippen MR) is 132 cm³/mol. The number of aromatic nitrogens is 2. The summed E-state index contributed by atoms with van der Waals surface area (Å²) in [5, 5.41) is 14.1. The van der Waals surface area contributed by atoms with Crippen molar-refractivity contribution in [1.82, 2.24) is 20.8 Å². The zero-order chi connectivity index (χ0) is 22.6. The van der Waals surface area contributed by atoms with Crippen LogP contribution in [0.25, 0.3) is 0 Å². The number of nitrogens with one attached hydrogen (secondary N) is 2. The summed E-state index contributed by atoms with van der Waals surface area (Å²) in [5.74, 6) is 0.00755. The van der Waals surface area contributed by atoms with Gasteiger partial charge in [-0.15, -0.1) is 10.2 Å². The van der Waals surface area contributed by atoms with E-state index < -0.39 is 0 Å². The molecule has 0 unspecified atom stereocenters. The van der Waals surface area contributed by atoms with Crippen LogP contribution in [0.3, 0.4) is 0 Å². The van der Waals surface area contributed by atoms with Gasteiger partial charge >= 0.3 is 0 Å². The van der Waals surface area contributed by atoms with Gasteiger partial charge in [-0.1, -0.05) is 95.5 Å². The van der Waals surface area contributed by atoms with E-state index in [9.17, 15) is 9.59 Å². The fraction of sp³-hybridized carbons (Fsp3) is 0.333. The predicted octanol–water partition coefficient (Wildman–Crippen LogP) is 4.76. The van der Waals surface area contributed by atoms with E-state index in [1.807, 2.05) is 60.7 Å². The van der Waals surface area contributed by atoms with Crippen LogP contribution in [-0.4, -0.2) is 34.1 Å². The van der Waals surface area contributed by atoms with Gasteiger partial charge < -0.3 is 10.6 Å². The minimum absolute atomic E-state index is 0.00377. The molecule has 2 atom stereocenters. The zero-order valence-electron chi connectivity index (χ0n) is 17.8. The van der Waals surface area contributed by atoms with Crippen molar-refractivity contribution >= 4 is 46.7 Å². The largest absolute Gasteiger partial charge is 0.352 e. The molecule has 1 aromatic heterocycles. The summed E-state index contributed by atoms with van der Waals surface area (Å²) < 4.78 is 1.43. The molecule has 9 heteroatoms. The summed E-state index contributed by atoms with van der Waals surface area (Å²) >= 11 is 4.25. The topological polar surface area (TPSA) is 84.0 Å². The number of rotatable bonds is 10. The number of nitrogens with zero attached hydrogens (tertiary/aromatic N) is 2. The normalized spacial score (nSPS) is 17.2. The van der Waals surface area contributed by atoms with Crippen molar-refractivity contribution in [3.05, 3.63) is 71.8 Å². The van der Waals surface area contributed by atoms with Crippen LogP contribution >= 0.6 is 34.9 Å². The molecule has 0 aliphatic heterocycles. The molecule has 33 heavy (non-hydrogen) atoms. The molecule has 2 N–H and O–H groups in total. The van der Waals surface area contributed by atoms with Crippen LogP contribution in [0.15, 0.2) is 69.3 Å². The smallest absolute Gasteiger partial charge is 0.238 e. The van der Waals surface area contributed by atoms with Crippen LogP contribution in [0.1, 0.15) is 47.3 Å². The monoisotopic (exact) mass is 496 g/mol. The lowest BCUT2D eigenvalue weighted by molar-refractivity contribution is -0.121. The van der Waals surface area contributed by atoms with Crippen LogP contribution in [0.2, 0.25) is 0 Å². The average molecular weight is 497 g/mol. The molecule has 2 fully saturated rings. The number of hydrogen-bond acceptors (Lipinski definition) is 7. The molecular formula is C24H24N4O2S3.